The summed E-state index contributed by atoms with van der Waals surface area (Å²) >= 11 is 0. The van der Waals surface area contributed by atoms with E-state index in [9.17, 15) is 4.79 Å². The summed E-state index contributed by atoms with van der Waals surface area (Å²) in [7, 11) is 2.07. The van der Waals surface area contributed by atoms with Gasteiger partial charge in [-0.05, 0) is 56.4 Å². The van der Waals surface area contributed by atoms with Gasteiger partial charge in [-0.15, -0.1) is 0 Å². The number of likely N-dealkylation sites (tertiary alicyclic amines) is 1. The SMILES string of the molecule is Cn1c(-c2cccc(N3CCC[C@H](C(=O)N4CCCCC4)C3)c2)nc2ccccc21. The number of benzene rings is 2. The lowest BCUT2D eigenvalue weighted by Gasteiger charge is -2.37. The minimum Gasteiger partial charge on any atom is -0.371 e. The van der Waals surface area contributed by atoms with E-state index in [4.69, 9.17) is 4.98 Å². The molecular weight excluding hydrogens is 372 g/mol. The number of rotatable bonds is 3. The largest absolute Gasteiger partial charge is 0.371 e. The molecule has 0 N–H and O–H groups in total. The maximum atomic E-state index is 13.0. The minimum atomic E-state index is 0.122. The maximum Gasteiger partial charge on any atom is 0.227 e. The molecule has 1 aromatic heterocycles. The van der Waals surface area contributed by atoms with Crippen molar-refractivity contribution in [3.05, 3.63) is 48.5 Å². The summed E-state index contributed by atoms with van der Waals surface area (Å²) in [5.41, 5.74) is 4.47. The molecule has 2 fully saturated rings. The van der Waals surface area contributed by atoms with Gasteiger partial charge in [-0.2, -0.15) is 0 Å². The number of carbonyl (C=O) groups excluding carboxylic acids is 1. The lowest BCUT2D eigenvalue weighted by molar-refractivity contribution is -0.136. The van der Waals surface area contributed by atoms with Gasteiger partial charge in [-0.1, -0.05) is 24.3 Å². The van der Waals surface area contributed by atoms with Gasteiger partial charge in [-0.25, -0.2) is 4.98 Å². The molecule has 2 aliphatic rings. The number of fused-ring (bicyclic) bond motifs is 1. The number of anilines is 1. The highest BCUT2D eigenvalue weighted by atomic mass is 16.2. The van der Waals surface area contributed by atoms with E-state index in [0.717, 1.165) is 74.3 Å². The quantitative estimate of drug-likeness (QED) is 0.649. The third-order valence-corrected chi connectivity index (χ3v) is 6.70. The van der Waals surface area contributed by atoms with Crippen molar-refractivity contribution in [1.82, 2.24) is 14.5 Å². The minimum absolute atomic E-state index is 0.122. The topological polar surface area (TPSA) is 41.4 Å². The lowest BCUT2D eigenvalue weighted by atomic mass is 9.95. The molecule has 5 nitrogen and oxygen atoms in total. The van der Waals surface area contributed by atoms with Crippen LogP contribution in [0.15, 0.2) is 48.5 Å². The van der Waals surface area contributed by atoms with Crippen molar-refractivity contribution in [1.29, 1.82) is 0 Å². The first kappa shape index (κ1) is 19.2. The van der Waals surface area contributed by atoms with Crippen molar-refractivity contribution in [2.45, 2.75) is 32.1 Å². The summed E-state index contributed by atoms with van der Waals surface area (Å²) < 4.78 is 2.16. The van der Waals surface area contributed by atoms with Crippen LogP contribution >= 0.6 is 0 Å². The Kier molecular flexibility index (Phi) is 5.19. The van der Waals surface area contributed by atoms with E-state index < -0.39 is 0 Å². The van der Waals surface area contributed by atoms with E-state index in [1.807, 2.05) is 6.07 Å². The fourth-order valence-corrected chi connectivity index (χ4v) is 5.03. The molecule has 0 bridgehead atoms. The number of carbonyl (C=O) groups is 1. The molecule has 0 unspecified atom stereocenters. The number of hydrogen-bond donors (Lipinski definition) is 0. The molecule has 1 atom stereocenters. The van der Waals surface area contributed by atoms with Gasteiger partial charge in [0.25, 0.3) is 0 Å². The van der Waals surface area contributed by atoms with Gasteiger partial charge < -0.3 is 14.4 Å². The molecule has 3 aromatic rings. The molecule has 0 aliphatic carbocycles. The summed E-state index contributed by atoms with van der Waals surface area (Å²) in [6, 6.07) is 16.9. The fraction of sp³-hybridized carbons (Fsp3) is 0.440. The van der Waals surface area contributed by atoms with Gasteiger partial charge in [0.2, 0.25) is 5.91 Å². The van der Waals surface area contributed by atoms with Gasteiger partial charge in [-0.3, -0.25) is 4.79 Å². The zero-order chi connectivity index (χ0) is 20.5. The smallest absolute Gasteiger partial charge is 0.227 e. The third kappa shape index (κ3) is 3.57. The summed E-state index contributed by atoms with van der Waals surface area (Å²) in [6.07, 6.45) is 5.65. The number of amides is 1. The predicted molar refractivity (Wildman–Crippen MR) is 122 cm³/mol. The molecular formula is C25H30N4O. The van der Waals surface area contributed by atoms with Crippen LogP contribution in [0.2, 0.25) is 0 Å². The Bertz CT molecular complexity index is 1050. The second-order valence-electron chi connectivity index (χ2n) is 8.70. The Morgan fingerprint density at radius 2 is 1.80 bits per heavy atom. The standard InChI is InChI=1S/C25H30N4O/c1-27-23-13-4-3-12-22(23)26-24(27)19-9-7-11-21(17-19)29-16-8-10-20(18-29)25(30)28-14-5-2-6-15-28/h3-4,7,9,11-13,17,20H,2,5-6,8,10,14-16,18H2,1H3/t20-/m0/s1. The van der Waals surface area contributed by atoms with Gasteiger partial charge in [0.05, 0.1) is 17.0 Å². The molecule has 2 aromatic carbocycles. The molecule has 0 radical (unpaired) electrons. The number of nitrogens with zero attached hydrogens (tertiary/aromatic N) is 4. The normalized spacial score (nSPS) is 20.0. The summed E-state index contributed by atoms with van der Waals surface area (Å²) in [6.45, 7) is 3.71. The molecule has 2 saturated heterocycles. The molecule has 1 amide bonds. The van der Waals surface area contributed by atoms with Crippen LogP contribution in [0, 0.1) is 5.92 Å². The molecule has 156 valence electrons. The van der Waals surface area contributed by atoms with Crippen LogP contribution in [-0.2, 0) is 11.8 Å². The number of aromatic nitrogens is 2. The van der Waals surface area contributed by atoms with E-state index in [-0.39, 0.29) is 5.92 Å². The van der Waals surface area contributed by atoms with Gasteiger partial charge in [0.15, 0.2) is 0 Å². The second kappa shape index (κ2) is 8.13. The zero-order valence-corrected chi connectivity index (χ0v) is 17.8. The molecule has 2 aliphatic heterocycles. The number of para-hydroxylation sites is 2. The highest BCUT2D eigenvalue weighted by Crippen LogP contribution is 2.30. The van der Waals surface area contributed by atoms with E-state index in [0.29, 0.717) is 5.91 Å². The van der Waals surface area contributed by atoms with Gasteiger partial charge >= 0.3 is 0 Å². The summed E-state index contributed by atoms with van der Waals surface area (Å²) in [5.74, 6) is 1.47. The van der Waals surface area contributed by atoms with Crippen molar-refractivity contribution >= 4 is 22.6 Å². The highest BCUT2D eigenvalue weighted by molar-refractivity contribution is 5.82. The van der Waals surface area contributed by atoms with Crippen LogP contribution < -0.4 is 4.90 Å². The Hall–Kier alpha value is -2.82. The Morgan fingerprint density at radius 1 is 0.967 bits per heavy atom. The van der Waals surface area contributed by atoms with Crippen LogP contribution in [0.5, 0.6) is 0 Å². The van der Waals surface area contributed by atoms with E-state index in [1.54, 1.807) is 0 Å². The van der Waals surface area contributed by atoms with Gasteiger partial charge in [0.1, 0.15) is 5.82 Å². The van der Waals surface area contributed by atoms with E-state index in [1.165, 1.54) is 12.1 Å². The van der Waals surface area contributed by atoms with E-state index >= 15 is 0 Å². The first-order valence-electron chi connectivity index (χ1n) is 11.3. The van der Waals surface area contributed by atoms with Crippen molar-refractivity contribution in [2.75, 3.05) is 31.1 Å². The van der Waals surface area contributed by atoms with Crippen molar-refractivity contribution in [2.24, 2.45) is 13.0 Å². The molecule has 3 heterocycles. The molecule has 0 saturated carbocycles. The Morgan fingerprint density at radius 3 is 2.63 bits per heavy atom. The van der Waals surface area contributed by atoms with Crippen LogP contribution in [0.4, 0.5) is 5.69 Å². The first-order valence-corrected chi connectivity index (χ1v) is 11.3. The zero-order valence-electron chi connectivity index (χ0n) is 17.8. The summed E-state index contributed by atoms with van der Waals surface area (Å²) in [5, 5.41) is 0. The molecule has 30 heavy (non-hydrogen) atoms. The predicted octanol–water partition coefficient (Wildman–Crippen LogP) is 4.47. The first-order chi connectivity index (χ1) is 14.7. The fourth-order valence-electron chi connectivity index (χ4n) is 5.03. The van der Waals surface area contributed by atoms with Crippen LogP contribution in [-0.4, -0.2) is 46.5 Å². The van der Waals surface area contributed by atoms with Crippen molar-refractivity contribution in [3.63, 3.8) is 0 Å². The Labute approximate surface area is 178 Å². The lowest BCUT2D eigenvalue weighted by Crippen LogP contribution is -2.46. The average Bonchev–Trinajstić information content (AvgIpc) is 3.16. The molecule has 5 heteroatoms. The van der Waals surface area contributed by atoms with Gasteiger partial charge in [0, 0.05) is 44.5 Å². The average molecular weight is 403 g/mol. The number of aryl methyl sites for hydroxylation is 1. The molecule has 5 rings (SSSR count). The van der Waals surface area contributed by atoms with Crippen molar-refractivity contribution < 1.29 is 4.79 Å². The number of piperidine rings is 2. The monoisotopic (exact) mass is 402 g/mol. The number of imidazole rings is 1. The van der Waals surface area contributed by atoms with Crippen LogP contribution in [0.3, 0.4) is 0 Å². The van der Waals surface area contributed by atoms with Crippen molar-refractivity contribution in [3.8, 4) is 11.4 Å². The highest BCUT2D eigenvalue weighted by Gasteiger charge is 2.30. The number of hydrogen-bond acceptors (Lipinski definition) is 3. The Balaban J connectivity index is 1.38. The maximum absolute atomic E-state index is 13.0. The third-order valence-electron chi connectivity index (χ3n) is 6.70. The van der Waals surface area contributed by atoms with Crippen LogP contribution in [0.25, 0.3) is 22.4 Å². The van der Waals surface area contributed by atoms with Crippen LogP contribution in [0.1, 0.15) is 32.1 Å². The summed E-state index contributed by atoms with van der Waals surface area (Å²) in [4.78, 5) is 22.4. The van der Waals surface area contributed by atoms with E-state index in [2.05, 4.69) is 63.9 Å². The molecule has 0 spiro atoms. The second-order valence-corrected chi connectivity index (χ2v) is 8.70.